The van der Waals surface area contributed by atoms with Gasteiger partial charge in [0.05, 0.1) is 0 Å². The molecule has 104 valence electrons. The van der Waals surface area contributed by atoms with E-state index in [1.807, 2.05) is 0 Å². The summed E-state index contributed by atoms with van der Waals surface area (Å²) in [5, 5.41) is 2.32. The fraction of sp³-hybridized carbons (Fsp3) is 0.385. The second kappa shape index (κ2) is 6.14. The summed E-state index contributed by atoms with van der Waals surface area (Å²) in [6, 6.07) is 3.07. The molecule has 6 heteroatoms. The Hall–Kier alpha value is -1.43. The Morgan fingerprint density at radius 3 is 2.63 bits per heavy atom. The normalized spacial score (nSPS) is 12.7. The van der Waals surface area contributed by atoms with Crippen LogP contribution in [0.5, 0.6) is 0 Å². The third-order valence-corrected chi connectivity index (χ3v) is 2.59. The van der Waals surface area contributed by atoms with Crippen molar-refractivity contribution in [1.29, 1.82) is 0 Å². The van der Waals surface area contributed by atoms with E-state index >= 15 is 0 Å². The van der Waals surface area contributed by atoms with Gasteiger partial charge in [0.25, 0.3) is 0 Å². The molecule has 19 heavy (non-hydrogen) atoms. The molecule has 0 saturated carbocycles. The summed E-state index contributed by atoms with van der Waals surface area (Å²) in [5.41, 5.74) is -0.608. The van der Waals surface area contributed by atoms with Gasteiger partial charge in [0.15, 0.2) is 0 Å². The highest BCUT2D eigenvalue weighted by Gasteiger charge is 2.22. The molecular weight excluding hydrogens is 317 g/mol. The number of carbonyl (C=O) groups excluding carboxylic acids is 2. The molecule has 1 N–H and O–H groups in total. The van der Waals surface area contributed by atoms with Crippen molar-refractivity contribution in [3.63, 3.8) is 0 Å². The Morgan fingerprint density at radius 1 is 1.47 bits per heavy atom. The van der Waals surface area contributed by atoms with Gasteiger partial charge in [-0.1, -0.05) is 15.9 Å². The summed E-state index contributed by atoms with van der Waals surface area (Å²) in [4.78, 5) is 22.6. The molecule has 1 rings (SSSR count). The average Bonchev–Trinajstić information content (AvgIpc) is 2.27. The van der Waals surface area contributed by atoms with Crippen molar-refractivity contribution in [2.75, 3.05) is 0 Å². The van der Waals surface area contributed by atoms with Crippen LogP contribution in [0, 0.1) is 5.82 Å². The van der Waals surface area contributed by atoms with Crippen LogP contribution in [0.4, 0.5) is 9.18 Å². The zero-order chi connectivity index (χ0) is 14.6. The molecule has 1 unspecified atom stereocenters. The van der Waals surface area contributed by atoms with Crippen molar-refractivity contribution in [2.24, 2.45) is 0 Å². The van der Waals surface area contributed by atoms with E-state index in [0.29, 0.717) is 10.8 Å². The molecular formula is C13H15BrFNO3. The first-order valence-electron chi connectivity index (χ1n) is 5.62. The van der Waals surface area contributed by atoms with Crippen molar-refractivity contribution in [3.8, 4) is 0 Å². The first kappa shape index (κ1) is 15.6. The van der Waals surface area contributed by atoms with Crippen LogP contribution in [0.2, 0.25) is 0 Å². The monoisotopic (exact) mass is 331 g/mol. The van der Waals surface area contributed by atoms with Crippen LogP contribution >= 0.6 is 15.9 Å². The molecule has 4 nitrogen and oxygen atoms in total. The lowest BCUT2D eigenvalue weighted by Gasteiger charge is -2.21. The lowest BCUT2D eigenvalue weighted by molar-refractivity contribution is -0.109. The van der Waals surface area contributed by atoms with Crippen molar-refractivity contribution in [3.05, 3.63) is 34.1 Å². The van der Waals surface area contributed by atoms with Gasteiger partial charge < -0.3 is 14.8 Å². The number of rotatable bonds is 3. The minimum atomic E-state index is -1.09. The molecule has 0 fully saturated rings. The summed E-state index contributed by atoms with van der Waals surface area (Å²) >= 11 is 3.18. The van der Waals surface area contributed by atoms with E-state index < -0.39 is 23.6 Å². The summed E-state index contributed by atoms with van der Waals surface area (Å²) in [6.45, 7) is 5.09. The third kappa shape index (κ3) is 4.98. The number of alkyl carbamates (subject to hydrolysis) is 1. The minimum absolute atomic E-state index is 0.0789. The predicted octanol–water partition coefficient (Wildman–Crippen LogP) is 3.35. The molecule has 1 aromatic rings. The second-order valence-electron chi connectivity index (χ2n) is 4.93. The highest BCUT2D eigenvalue weighted by Crippen LogP contribution is 2.21. The van der Waals surface area contributed by atoms with Crippen LogP contribution in [0.25, 0.3) is 0 Å². The van der Waals surface area contributed by atoms with Crippen LogP contribution in [-0.2, 0) is 9.53 Å². The number of halogens is 2. The number of hydrogen-bond donors (Lipinski definition) is 1. The van der Waals surface area contributed by atoms with Crippen molar-refractivity contribution in [2.45, 2.75) is 32.4 Å². The second-order valence-corrected chi connectivity index (χ2v) is 5.84. The summed E-state index contributed by atoms with van der Waals surface area (Å²) < 4.78 is 19.3. The molecule has 0 aliphatic carbocycles. The van der Waals surface area contributed by atoms with E-state index in [9.17, 15) is 14.0 Å². The van der Waals surface area contributed by atoms with Crippen LogP contribution in [-0.4, -0.2) is 18.0 Å². The fourth-order valence-electron chi connectivity index (χ4n) is 1.37. The van der Waals surface area contributed by atoms with Crippen molar-refractivity contribution in [1.82, 2.24) is 5.32 Å². The molecule has 0 aliphatic heterocycles. The Kier molecular flexibility index (Phi) is 5.05. The van der Waals surface area contributed by atoms with Crippen molar-refractivity contribution >= 4 is 28.3 Å². The van der Waals surface area contributed by atoms with Crippen molar-refractivity contribution < 1.29 is 18.7 Å². The lowest BCUT2D eigenvalue weighted by Crippen LogP contribution is -2.35. The van der Waals surface area contributed by atoms with E-state index in [-0.39, 0.29) is 5.56 Å². The maximum Gasteiger partial charge on any atom is 0.408 e. The van der Waals surface area contributed by atoms with Gasteiger partial charge >= 0.3 is 6.09 Å². The van der Waals surface area contributed by atoms with E-state index in [2.05, 4.69) is 21.2 Å². The SMILES string of the molecule is CC(C)(C)OC(=O)NC(C=O)c1cc(Br)ccc1F. The van der Waals surface area contributed by atoms with Crippen LogP contribution in [0.3, 0.4) is 0 Å². The summed E-state index contributed by atoms with van der Waals surface area (Å²) in [5.74, 6) is -0.573. The molecule has 0 spiro atoms. The van der Waals surface area contributed by atoms with Gasteiger partial charge in [-0.15, -0.1) is 0 Å². The van der Waals surface area contributed by atoms with E-state index in [1.165, 1.54) is 18.2 Å². The van der Waals surface area contributed by atoms with E-state index in [4.69, 9.17) is 4.74 Å². The largest absolute Gasteiger partial charge is 0.444 e. The first-order valence-corrected chi connectivity index (χ1v) is 6.42. The highest BCUT2D eigenvalue weighted by molar-refractivity contribution is 9.10. The zero-order valence-electron chi connectivity index (χ0n) is 10.9. The third-order valence-electron chi connectivity index (χ3n) is 2.10. The highest BCUT2D eigenvalue weighted by atomic mass is 79.9. The zero-order valence-corrected chi connectivity index (χ0v) is 12.5. The van der Waals surface area contributed by atoms with Crippen LogP contribution < -0.4 is 5.32 Å². The first-order chi connectivity index (χ1) is 8.73. The average molecular weight is 332 g/mol. The van der Waals surface area contributed by atoms with Gasteiger partial charge in [-0.25, -0.2) is 9.18 Å². The van der Waals surface area contributed by atoms with Gasteiger partial charge in [-0.2, -0.15) is 0 Å². The lowest BCUT2D eigenvalue weighted by atomic mass is 10.1. The maximum absolute atomic E-state index is 13.6. The Bertz CT molecular complexity index is 485. The van der Waals surface area contributed by atoms with Gasteiger partial charge in [-0.3, -0.25) is 0 Å². The summed E-state index contributed by atoms with van der Waals surface area (Å²) in [7, 11) is 0. The van der Waals surface area contributed by atoms with Gasteiger partial charge in [0.2, 0.25) is 0 Å². The van der Waals surface area contributed by atoms with Gasteiger partial charge in [0, 0.05) is 10.0 Å². The smallest absolute Gasteiger partial charge is 0.408 e. The number of carbonyl (C=O) groups is 2. The minimum Gasteiger partial charge on any atom is -0.444 e. The standard InChI is InChI=1S/C13H15BrFNO3/c1-13(2,3)19-12(18)16-11(7-17)9-6-8(14)4-5-10(9)15/h4-7,11H,1-3H3,(H,16,18). The molecule has 0 radical (unpaired) electrons. The van der Waals surface area contributed by atoms with Gasteiger partial charge in [-0.05, 0) is 39.0 Å². The molecule has 0 heterocycles. The number of aldehydes is 1. The molecule has 0 aliphatic rings. The number of hydrogen-bond acceptors (Lipinski definition) is 3. The summed E-state index contributed by atoms with van der Waals surface area (Å²) in [6.07, 6.45) is -0.321. The Morgan fingerprint density at radius 2 is 2.11 bits per heavy atom. The molecule has 1 amide bonds. The number of amides is 1. The molecule has 0 bridgehead atoms. The van der Waals surface area contributed by atoms with E-state index in [0.717, 1.165) is 0 Å². The quantitative estimate of drug-likeness (QED) is 0.864. The fourth-order valence-corrected chi connectivity index (χ4v) is 1.75. The molecule has 0 aromatic heterocycles. The van der Waals surface area contributed by atoms with Crippen LogP contribution in [0.15, 0.2) is 22.7 Å². The topological polar surface area (TPSA) is 55.4 Å². The number of benzene rings is 1. The molecule has 0 saturated heterocycles. The predicted molar refractivity (Wildman–Crippen MR) is 72.3 cm³/mol. The van der Waals surface area contributed by atoms with Crippen LogP contribution in [0.1, 0.15) is 32.4 Å². The Balaban J connectivity index is 2.87. The van der Waals surface area contributed by atoms with E-state index in [1.54, 1.807) is 20.8 Å². The molecule has 1 aromatic carbocycles. The Labute approximate surface area is 119 Å². The number of ether oxygens (including phenoxy) is 1. The van der Waals surface area contributed by atoms with Gasteiger partial charge in [0.1, 0.15) is 23.7 Å². The maximum atomic E-state index is 13.6. The molecule has 1 atom stereocenters. The number of nitrogens with one attached hydrogen (secondary N) is 1.